The van der Waals surface area contributed by atoms with E-state index in [1.807, 2.05) is 0 Å². The van der Waals surface area contributed by atoms with Gasteiger partial charge < -0.3 is 5.73 Å². The Hall–Kier alpha value is -1.14. The SMILES string of the molecule is CCC1CCC(NS(=O)(=O)c2cc(N)cc(C)c2F)C1C. The first-order chi connectivity index (χ1) is 9.76. The van der Waals surface area contributed by atoms with Gasteiger partial charge in [-0.05, 0) is 49.3 Å². The highest BCUT2D eigenvalue weighted by atomic mass is 32.2. The quantitative estimate of drug-likeness (QED) is 0.839. The van der Waals surface area contributed by atoms with Crippen molar-refractivity contribution in [2.75, 3.05) is 5.73 Å². The molecule has 3 atom stereocenters. The van der Waals surface area contributed by atoms with Crippen LogP contribution in [0.2, 0.25) is 0 Å². The summed E-state index contributed by atoms with van der Waals surface area (Å²) in [7, 11) is -3.89. The number of anilines is 1. The van der Waals surface area contributed by atoms with Gasteiger partial charge in [0, 0.05) is 11.7 Å². The average Bonchev–Trinajstić information content (AvgIpc) is 2.74. The molecule has 1 aromatic carbocycles. The Balaban J connectivity index is 2.28. The monoisotopic (exact) mass is 314 g/mol. The first-order valence-electron chi connectivity index (χ1n) is 7.34. The van der Waals surface area contributed by atoms with Crippen LogP contribution < -0.4 is 10.5 Å². The van der Waals surface area contributed by atoms with E-state index in [9.17, 15) is 12.8 Å². The topological polar surface area (TPSA) is 72.2 Å². The molecule has 0 bridgehead atoms. The molecule has 0 aliphatic heterocycles. The fourth-order valence-electron chi connectivity index (χ4n) is 3.21. The van der Waals surface area contributed by atoms with Crippen LogP contribution in [0.3, 0.4) is 0 Å². The third-order valence-corrected chi connectivity index (χ3v) is 6.08. The fraction of sp³-hybridized carbons (Fsp3) is 0.600. The summed E-state index contributed by atoms with van der Waals surface area (Å²) in [6, 6.07) is 2.47. The van der Waals surface area contributed by atoms with Crippen LogP contribution in [0, 0.1) is 24.6 Å². The average molecular weight is 314 g/mol. The summed E-state index contributed by atoms with van der Waals surface area (Å²) in [6.45, 7) is 5.67. The van der Waals surface area contributed by atoms with Crippen molar-refractivity contribution in [3.8, 4) is 0 Å². The van der Waals surface area contributed by atoms with Gasteiger partial charge in [0.05, 0.1) is 0 Å². The summed E-state index contributed by atoms with van der Waals surface area (Å²) in [5.41, 5.74) is 6.13. The van der Waals surface area contributed by atoms with Gasteiger partial charge in [0.1, 0.15) is 10.7 Å². The zero-order valence-corrected chi connectivity index (χ0v) is 13.5. The molecule has 21 heavy (non-hydrogen) atoms. The number of hydrogen-bond donors (Lipinski definition) is 2. The van der Waals surface area contributed by atoms with Crippen molar-refractivity contribution in [3.05, 3.63) is 23.5 Å². The fourth-order valence-corrected chi connectivity index (χ4v) is 4.76. The number of sulfonamides is 1. The summed E-state index contributed by atoms with van der Waals surface area (Å²) in [5.74, 6) is 0.0505. The second-order valence-electron chi connectivity index (χ2n) is 5.98. The van der Waals surface area contributed by atoms with Gasteiger partial charge in [-0.25, -0.2) is 17.5 Å². The maximum absolute atomic E-state index is 14.1. The Bertz CT molecular complexity index is 631. The predicted octanol–water partition coefficient (Wildman–Crippen LogP) is 2.82. The van der Waals surface area contributed by atoms with E-state index < -0.39 is 15.8 Å². The summed E-state index contributed by atoms with van der Waals surface area (Å²) in [4.78, 5) is -0.354. The molecule has 1 saturated carbocycles. The number of nitrogens with one attached hydrogen (secondary N) is 1. The molecule has 118 valence electrons. The van der Waals surface area contributed by atoms with Gasteiger partial charge in [-0.2, -0.15) is 0 Å². The highest BCUT2D eigenvalue weighted by molar-refractivity contribution is 7.89. The van der Waals surface area contributed by atoms with Crippen LogP contribution in [-0.2, 0) is 10.0 Å². The molecule has 0 heterocycles. The van der Waals surface area contributed by atoms with E-state index in [4.69, 9.17) is 5.73 Å². The van der Waals surface area contributed by atoms with Crippen LogP contribution in [0.25, 0.3) is 0 Å². The number of nitrogens with two attached hydrogens (primary N) is 1. The number of halogens is 1. The Labute approximate surface area is 126 Å². The molecule has 0 aromatic heterocycles. The van der Waals surface area contributed by atoms with Crippen molar-refractivity contribution < 1.29 is 12.8 Å². The van der Waals surface area contributed by atoms with Crippen LogP contribution >= 0.6 is 0 Å². The summed E-state index contributed by atoms with van der Waals surface area (Å²) in [5, 5.41) is 0. The Morgan fingerprint density at radius 1 is 1.38 bits per heavy atom. The Morgan fingerprint density at radius 2 is 2.05 bits per heavy atom. The minimum absolute atomic E-state index is 0.138. The van der Waals surface area contributed by atoms with E-state index in [0.717, 1.165) is 19.3 Å². The number of benzene rings is 1. The molecule has 1 aromatic rings. The lowest BCUT2D eigenvalue weighted by Crippen LogP contribution is -2.38. The van der Waals surface area contributed by atoms with Crippen LogP contribution in [0.4, 0.5) is 10.1 Å². The first-order valence-corrected chi connectivity index (χ1v) is 8.82. The molecule has 0 amide bonds. The van der Waals surface area contributed by atoms with Crippen molar-refractivity contribution in [1.82, 2.24) is 4.72 Å². The molecular formula is C15H23FN2O2S. The van der Waals surface area contributed by atoms with Crippen molar-refractivity contribution in [2.24, 2.45) is 11.8 Å². The van der Waals surface area contributed by atoms with E-state index >= 15 is 0 Å². The Kier molecular flexibility index (Phi) is 4.58. The second kappa shape index (κ2) is 5.93. The zero-order chi connectivity index (χ0) is 15.8. The predicted molar refractivity (Wildman–Crippen MR) is 81.8 cm³/mol. The largest absolute Gasteiger partial charge is 0.399 e. The number of aryl methyl sites for hydroxylation is 1. The van der Waals surface area contributed by atoms with Crippen molar-refractivity contribution in [3.63, 3.8) is 0 Å². The highest BCUT2D eigenvalue weighted by Crippen LogP contribution is 2.35. The van der Waals surface area contributed by atoms with Crippen molar-refractivity contribution >= 4 is 15.7 Å². The van der Waals surface area contributed by atoms with E-state index in [1.54, 1.807) is 0 Å². The normalized spacial score (nSPS) is 26.2. The van der Waals surface area contributed by atoms with E-state index in [0.29, 0.717) is 5.92 Å². The molecule has 0 spiro atoms. The lowest BCUT2D eigenvalue weighted by molar-refractivity contribution is 0.368. The summed E-state index contributed by atoms with van der Waals surface area (Å²) < 4.78 is 41.7. The minimum atomic E-state index is -3.89. The van der Waals surface area contributed by atoms with E-state index in [-0.39, 0.29) is 28.1 Å². The Morgan fingerprint density at radius 3 is 2.62 bits per heavy atom. The molecule has 1 fully saturated rings. The van der Waals surface area contributed by atoms with Gasteiger partial charge >= 0.3 is 0 Å². The maximum Gasteiger partial charge on any atom is 0.243 e. The molecule has 2 rings (SSSR count). The maximum atomic E-state index is 14.1. The van der Waals surface area contributed by atoms with Crippen LogP contribution in [0.1, 0.15) is 38.7 Å². The third-order valence-electron chi connectivity index (χ3n) is 4.59. The molecule has 0 radical (unpaired) electrons. The van der Waals surface area contributed by atoms with Gasteiger partial charge in [-0.3, -0.25) is 0 Å². The van der Waals surface area contributed by atoms with Crippen LogP contribution in [0.15, 0.2) is 17.0 Å². The molecule has 1 aliphatic carbocycles. The van der Waals surface area contributed by atoms with Gasteiger partial charge in [-0.1, -0.05) is 20.3 Å². The number of hydrogen-bond acceptors (Lipinski definition) is 3. The number of rotatable bonds is 4. The molecule has 4 nitrogen and oxygen atoms in total. The molecule has 1 aliphatic rings. The zero-order valence-electron chi connectivity index (χ0n) is 12.7. The van der Waals surface area contributed by atoms with Gasteiger partial charge in [0.2, 0.25) is 10.0 Å². The summed E-state index contributed by atoms with van der Waals surface area (Å²) >= 11 is 0. The van der Waals surface area contributed by atoms with E-state index in [2.05, 4.69) is 18.6 Å². The first kappa shape index (κ1) is 16.2. The molecule has 3 N–H and O–H groups in total. The van der Waals surface area contributed by atoms with Gasteiger partial charge in [0.15, 0.2) is 0 Å². The number of nitrogen functional groups attached to an aromatic ring is 1. The van der Waals surface area contributed by atoms with Crippen LogP contribution in [0.5, 0.6) is 0 Å². The second-order valence-corrected chi connectivity index (χ2v) is 7.66. The van der Waals surface area contributed by atoms with Crippen molar-refractivity contribution in [1.29, 1.82) is 0 Å². The summed E-state index contributed by atoms with van der Waals surface area (Å²) in [6.07, 6.45) is 2.83. The standard InChI is InChI=1S/C15H23FN2O2S/c1-4-11-5-6-13(10(11)3)18-21(19,20)14-8-12(17)7-9(2)15(14)16/h7-8,10-11,13,18H,4-6,17H2,1-3H3. The van der Waals surface area contributed by atoms with E-state index in [1.165, 1.54) is 19.1 Å². The van der Waals surface area contributed by atoms with Crippen LogP contribution in [-0.4, -0.2) is 14.5 Å². The van der Waals surface area contributed by atoms with Gasteiger partial charge in [0.25, 0.3) is 0 Å². The molecule has 6 heteroatoms. The minimum Gasteiger partial charge on any atom is -0.399 e. The highest BCUT2D eigenvalue weighted by Gasteiger charge is 2.35. The van der Waals surface area contributed by atoms with Gasteiger partial charge in [-0.15, -0.1) is 0 Å². The molecule has 3 unspecified atom stereocenters. The van der Waals surface area contributed by atoms with Crippen molar-refractivity contribution in [2.45, 2.75) is 51.0 Å². The molecule has 0 saturated heterocycles. The third kappa shape index (κ3) is 3.21. The lowest BCUT2D eigenvalue weighted by Gasteiger charge is -2.21. The smallest absolute Gasteiger partial charge is 0.243 e. The lowest BCUT2D eigenvalue weighted by atomic mass is 9.94. The molecular weight excluding hydrogens is 291 g/mol.